The largest absolute Gasteiger partial charge is 0.467 e. The van der Waals surface area contributed by atoms with E-state index in [9.17, 15) is 4.79 Å². The van der Waals surface area contributed by atoms with Gasteiger partial charge in [0.25, 0.3) is 0 Å². The predicted octanol–water partition coefficient (Wildman–Crippen LogP) is 5.04. The van der Waals surface area contributed by atoms with Gasteiger partial charge in [0, 0.05) is 22.7 Å². The molecule has 9 heteroatoms. The van der Waals surface area contributed by atoms with Crippen LogP contribution in [0.1, 0.15) is 46.6 Å². The predicted molar refractivity (Wildman–Crippen MR) is 125 cm³/mol. The second-order valence-corrected chi connectivity index (χ2v) is 9.73. The number of furan rings is 1. The van der Waals surface area contributed by atoms with Crippen molar-refractivity contribution in [2.24, 2.45) is 0 Å². The van der Waals surface area contributed by atoms with E-state index in [1.54, 1.807) is 18.0 Å². The summed E-state index contributed by atoms with van der Waals surface area (Å²) in [5, 5.41) is 15.5. The number of para-hydroxylation sites is 1. The van der Waals surface area contributed by atoms with Crippen LogP contribution in [0, 0.1) is 6.92 Å². The quantitative estimate of drug-likeness (QED) is 0.349. The summed E-state index contributed by atoms with van der Waals surface area (Å²) < 4.78 is 7.69. The van der Waals surface area contributed by atoms with Crippen LogP contribution in [0.4, 0.5) is 5.69 Å². The first-order chi connectivity index (χ1) is 15.7. The Bertz CT molecular complexity index is 1210. The van der Waals surface area contributed by atoms with E-state index in [4.69, 9.17) is 4.42 Å². The van der Waals surface area contributed by atoms with Gasteiger partial charge >= 0.3 is 0 Å². The fraction of sp³-hybridized carbons (Fsp3) is 0.304. The number of nitrogens with zero attached hydrogens (tertiary/aromatic N) is 4. The van der Waals surface area contributed by atoms with Gasteiger partial charge in [-0.05, 0) is 43.5 Å². The standard InChI is InChI=1S/C23H23N5O2S2/c1-15-5-2-3-7-19(15)25-20(29)11-21-24-17(13-31-21)14-32-23-27-26-22(16-8-9-16)28(23)12-18-6-4-10-30-18/h2-7,10,13,16H,8-9,11-12,14H2,1H3,(H,25,29). The van der Waals surface area contributed by atoms with E-state index in [2.05, 4.69) is 25.1 Å². The van der Waals surface area contributed by atoms with E-state index in [0.29, 0.717) is 18.2 Å². The molecule has 5 rings (SSSR count). The molecule has 1 fully saturated rings. The molecule has 1 N–H and O–H groups in total. The fourth-order valence-corrected chi connectivity index (χ4v) is 5.17. The second kappa shape index (κ2) is 9.30. The summed E-state index contributed by atoms with van der Waals surface area (Å²) in [6, 6.07) is 11.6. The van der Waals surface area contributed by atoms with Crippen LogP contribution in [0.3, 0.4) is 0 Å². The molecule has 32 heavy (non-hydrogen) atoms. The molecule has 164 valence electrons. The van der Waals surface area contributed by atoms with Crippen molar-refractivity contribution in [2.75, 3.05) is 5.32 Å². The highest BCUT2D eigenvalue weighted by Crippen LogP contribution is 2.40. The van der Waals surface area contributed by atoms with Crippen molar-refractivity contribution in [3.05, 3.63) is 75.9 Å². The van der Waals surface area contributed by atoms with Gasteiger partial charge < -0.3 is 9.73 Å². The molecule has 1 aliphatic carbocycles. The third-order valence-electron chi connectivity index (χ3n) is 5.26. The number of benzene rings is 1. The third kappa shape index (κ3) is 4.94. The Hall–Kier alpha value is -2.91. The molecule has 0 atom stereocenters. The third-order valence-corrected chi connectivity index (χ3v) is 7.16. The van der Waals surface area contributed by atoms with Crippen LogP contribution in [-0.4, -0.2) is 25.7 Å². The summed E-state index contributed by atoms with van der Waals surface area (Å²) in [6.07, 6.45) is 4.29. The molecule has 0 unspecified atom stereocenters. The number of carbonyl (C=O) groups is 1. The highest BCUT2D eigenvalue weighted by molar-refractivity contribution is 7.98. The Balaban J connectivity index is 1.21. The summed E-state index contributed by atoms with van der Waals surface area (Å²) >= 11 is 3.13. The number of thioether (sulfide) groups is 1. The topological polar surface area (TPSA) is 85.8 Å². The monoisotopic (exact) mass is 465 g/mol. The Kier molecular flexibility index (Phi) is 6.09. The number of aromatic nitrogens is 4. The minimum absolute atomic E-state index is 0.0554. The van der Waals surface area contributed by atoms with Crippen molar-refractivity contribution in [1.29, 1.82) is 0 Å². The molecule has 3 heterocycles. The van der Waals surface area contributed by atoms with Crippen molar-refractivity contribution in [3.63, 3.8) is 0 Å². The molecule has 4 aromatic rings. The molecule has 0 spiro atoms. The lowest BCUT2D eigenvalue weighted by Gasteiger charge is -2.07. The molecule has 7 nitrogen and oxygen atoms in total. The Labute approximate surface area is 194 Å². The molecular formula is C23H23N5O2S2. The highest BCUT2D eigenvalue weighted by Gasteiger charge is 2.30. The van der Waals surface area contributed by atoms with Gasteiger partial charge in [0.2, 0.25) is 5.91 Å². The minimum atomic E-state index is -0.0554. The van der Waals surface area contributed by atoms with Gasteiger partial charge in [0.1, 0.15) is 16.6 Å². The zero-order valence-corrected chi connectivity index (χ0v) is 19.3. The summed E-state index contributed by atoms with van der Waals surface area (Å²) in [5.74, 6) is 3.06. The first-order valence-electron chi connectivity index (χ1n) is 10.5. The van der Waals surface area contributed by atoms with Gasteiger partial charge in [-0.15, -0.1) is 21.5 Å². The van der Waals surface area contributed by atoms with Crippen molar-refractivity contribution in [2.45, 2.75) is 49.6 Å². The van der Waals surface area contributed by atoms with Crippen LogP contribution in [0.15, 0.2) is 57.6 Å². The number of nitrogens with one attached hydrogen (secondary N) is 1. The maximum atomic E-state index is 12.4. The van der Waals surface area contributed by atoms with Crippen LogP contribution >= 0.6 is 23.1 Å². The van der Waals surface area contributed by atoms with Crippen LogP contribution in [0.2, 0.25) is 0 Å². The normalized spacial score (nSPS) is 13.4. The molecule has 1 aliphatic rings. The Morgan fingerprint density at radius 1 is 1.25 bits per heavy atom. The average Bonchev–Trinajstić information content (AvgIpc) is 3.14. The molecule has 0 aliphatic heterocycles. The molecule has 3 aromatic heterocycles. The van der Waals surface area contributed by atoms with Gasteiger partial charge in [-0.1, -0.05) is 30.0 Å². The number of anilines is 1. The molecule has 0 bridgehead atoms. The average molecular weight is 466 g/mol. The number of hydrogen-bond donors (Lipinski definition) is 1. The zero-order chi connectivity index (χ0) is 21.9. The Morgan fingerprint density at radius 2 is 2.12 bits per heavy atom. The van der Waals surface area contributed by atoms with E-state index in [0.717, 1.165) is 38.7 Å². The summed E-state index contributed by atoms with van der Waals surface area (Å²) in [4.78, 5) is 17.1. The minimum Gasteiger partial charge on any atom is -0.467 e. The van der Waals surface area contributed by atoms with Crippen molar-refractivity contribution in [3.8, 4) is 0 Å². The lowest BCUT2D eigenvalue weighted by atomic mass is 10.2. The van der Waals surface area contributed by atoms with Crippen LogP contribution in [0.25, 0.3) is 0 Å². The van der Waals surface area contributed by atoms with Crippen molar-refractivity contribution in [1.82, 2.24) is 19.7 Å². The van der Waals surface area contributed by atoms with Gasteiger partial charge in [-0.25, -0.2) is 4.98 Å². The number of thiazole rings is 1. The van der Waals surface area contributed by atoms with E-state index >= 15 is 0 Å². The first-order valence-corrected chi connectivity index (χ1v) is 12.4. The number of carbonyl (C=O) groups excluding carboxylic acids is 1. The number of aryl methyl sites for hydroxylation is 1. The van der Waals surface area contributed by atoms with E-state index in [-0.39, 0.29) is 12.3 Å². The van der Waals surface area contributed by atoms with Crippen LogP contribution in [0.5, 0.6) is 0 Å². The fourth-order valence-electron chi connectivity index (χ4n) is 3.44. The molecule has 1 saturated carbocycles. The number of amides is 1. The van der Waals surface area contributed by atoms with Gasteiger partial charge in [0.15, 0.2) is 5.16 Å². The molecule has 1 aromatic carbocycles. The second-order valence-electron chi connectivity index (χ2n) is 7.84. The van der Waals surface area contributed by atoms with Crippen LogP contribution < -0.4 is 5.32 Å². The van der Waals surface area contributed by atoms with E-state index in [1.807, 2.05) is 48.7 Å². The molecular weight excluding hydrogens is 442 g/mol. The summed E-state index contributed by atoms with van der Waals surface area (Å²) in [5.41, 5.74) is 2.83. The molecule has 1 amide bonds. The van der Waals surface area contributed by atoms with Crippen molar-refractivity contribution >= 4 is 34.7 Å². The van der Waals surface area contributed by atoms with E-state index in [1.165, 1.54) is 24.2 Å². The lowest BCUT2D eigenvalue weighted by Crippen LogP contribution is -2.15. The van der Waals surface area contributed by atoms with Gasteiger partial charge in [-0.3, -0.25) is 9.36 Å². The number of rotatable bonds is 9. The summed E-state index contributed by atoms with van der Waals surface area (Å²) in [6.45, 7) is 2.61. The maximum Gasteiger partial charge on any atom is 0.231 e. The highest BCUT2D eigenvalue weighted by atomic mass is 32.2. The lowest BCUT2D eigenvalue weighted by molar-refractivity contribution is -0.115. The van der Waals surface area contributed by atoms with Gasteiger partial charge in [-0.2, -0.15) is 0 Å². The molecule has 0 saturated heterocycles. The smallest absolute Gasteiger partial charge is 0.231 e. The SMILES string of the molecule is Cc1ccccc1NC(=O)Cc1nc(CSc2nnc(C3CC3)n2Cc2ccco2)cs1. The summed E-state index contributed by atoms with van der Waals surface area (Å²) in [7, 11) is 0. The van der Waals surface area contributed by atoms with Crippen molar-refractivity contribution < 1.29 is 9.21 Å². The zero-order valence-electron chi connectivity index (χ0n) is 17.7. The first kappa shape index (κ1) is 21.0. The maximum absolute atomic E-state index is 12.4. The van der Waals surface area contributed by atoms with E-state index < -0.39 is 0 Å². The van der Waals surface area contributed by atoms with Gasteiger partial charge in [0.05, 0.1) is 24.9 Å². The van der Waals surface area contributed by atoms with Crippen LogP contribution in [-0.2, 0) is 23.5 Å². The molecule has 0 radical (unpaired) electrons. The Morgan fingerprint density at radius 3 is 2.91 bits per heavy atom. The number of hydrogen-bond acceptors (Lipinski definition) is 7.